The highest BCUT2D eigenvalue weighted by Gasteiger charge is 2.20. The van der Waals surface area contributed by atoms with Crippen molar-refractivity contribution in [2.24, 2.45) is 4.99 Å². The molecule has 1 aromatic carbocycles. The number of hydrogen-bond donors (Lipinski definition) is 1. The minimum atomic E-state index is 0.719. The van der Waals surface area contributed by atoms with Gasteiger partial charge in [0.05, 0.1) is 20.5 Å². The Morgan fingerprint density at radius 2 is 1.97 bits per heavy atom. The summed E-state index contributed by atoms with van der Waals surface area (Å²) >= 11 is 0. The molecule has 2 aromatic rings. The smallest absolute Gasteiger partial charge is 0.194 e. The molecule has 1 saturated heterocycles. The maximum Gasteiger partial charge on any atom is 0.194 e. The van der Waals surface area contributed by atoms with E-state index in [1.54, 1.807) is 20.5 Å². The molecule has 1 aliphatic rings. The molecule has 0 radical (unpaired) electrons. The van der Waals surface area contributed by atoms with E-state index in [1.807, 2.05) is 24.3 Å². The lowest BCUT2D eigenvalue weighted by Crippen LogP contribution is -2.52. The van der Waals surface area contributed by atoms with Crippen LogP contribution in [0.5, 0.6) is 11.5 Å². The SMILES string of the molecule is CCNC(=NCCc1ccco1)N1CCN(Cc2cc(OC)ccc2OC)CC1. The van der Waals surface area contributed by atoms with Gasteiger partial charge in [-0.1, -0.05) is 0 Å². The number of rotatable bonds is 8. The summed E-state index contributed by atoms with van der Waals surface area (Å²) in [5, 5.41) is 3.42. The molecule has 0 saturated carbocycles. The lowest BCUT2D eigenvalue weighted by molar-refractivity contribution is 0.171. The number of benzene rings is 1. The Morgan fingerprint density at radius 1 is 1.14 bits per heavy atom. The number of aliphatic imine (C=N–C) groups is 1. The number of hydrogen-bond acceptors (Lipinski definition) is 5. The Labute approximate surface area is 173 Å². The molecule has 1 fully saturated rings. The summed E-state index contributed by atoms with van der Waals surface area (Å²) in [6.45, 7) is 8.37. The Morgan fingerprint density at radius 3 is 2.62 bits per heavy atom. The van der Waals surface area contributed by atoms with Crippen LogP contribution in [0.3, 0.4) is 0 Å². The highest BCUT2D eigenvalue weighted by molar-refractivity contribution is 5.80. The van der Waals surface area contributed by atoms with Gasteiger partial charge in [-0.05, 0) is 37.3 Å². The lowest BCUT2D eigenvalue weighted by Gasteiger charge is -2.36. The third-order valence-electron chi connectivity index (χ3n) is 5.09. The molecular formula is C22H32N4O3. The van der Waals surface area contributed by atoms with Crippen LogP contribution in [0, 0.1) is 0 Å². The number of furan rings is 1. The maximum absolute atomic E-state index is 5.52. The normalized spacial score (nSPS) is 15.4. The van der Waals surface area contributed by atoms with Gasteiger partial charge in [-0.2, -0.15) is 0 Å². The Kier molecular flexibility index (Phi) is 7.81. The number of guanidine groups is 1. The van der Waals surface area contributed by atoms with Gasteiger partial charge in [0.25, 0.3) is 0 Å². The lowest BCUT2D eigenvalue weighted by atomic mass is 10.1. The van der Waals surface area contributed by atoms with Gasteiger partial charge < -0.3 is 24.1 Å². The van der Waals surface area contributed by atoms with Crippen molar-refractivity contribution in [2.45, 2.75) is 19.9 Å². The largest absolute Gasteiger partial charge is 0.497 e. The van der Waals surface area contributed by atoms with Crippen LogP contribution in [0.15, 0.2) is 46.0 Å². The molecule has 29 heavy (non-hydrogen) atoms. The molecule has 7 nitrogen and oxygen atoms in total. The van der Waals surface area contributed by atoms with Crippen molar-refractivity contribution < 1.29 is 13.9 Å². The van der Waals surface area contributed by atoms with E-state index >= 15 is 0 Å². The average Bonchev–Trinajstić information content (AvgIpc) is 3.27. The van der Waals surface area contributed by atoms with Gasteiger partial charge in [-0.25, -0.2) is 0 Å². The second-order valence-electron chi connectivity index (χ2n) is 7.01. The first kappa shape index (κ1) is 21.0. The minimum Gasteiger partial charge on any atom is -0.497 e. The van der Waals surface area contributed by atoms with Crippen LogP contribution in [0.2, 0.25) is 0 Å². The Balaban J connectivity index is 1.55. The summed E-state index contributed by atoms with van der Waals surface area (Å²) in [6.07, 6.45) is 2.53. The Hall–Kier alpha value is -2.67. The van der Waals surface area contributed by atoms with Gasteiger partial charge in [-0.15, -0.1) is 0 Å². The van der Waals surface area contributed by atoms with Gasteiger partial charge in [0.15, 0.2) is 5.96 Å². The molecule has 0 bridgehead atoms. The van der Waals surface area contributed by atoms with E-state index in [0.717, 1.165) is 81.0 Å². The zero-order chi connectivity index (χ0) is 20.5. The highest BCUT2D eigenvalue weighted by Crippen LogP contribution is 2.25. The van der Waals surface area contributed by atoms with Crippen molar-refractivity contribution in [1.82, 2.24) is 15.1 Å². The van der Waals surface area contributed by atoms with E-state index < -0.39 is 0 Å². The van der Waals surface area contributed by atoms with Gasteiger partial charge in [-0.3, -0.25) is 9.89 Å². The average molecular weight is 401 g/mol. The highest BCUT2D eigenvalue weighted by atomic mass is 16.5. The molecule has 2 heterocycles. The molecule has 0 amide bonds. The maximum atomic E-state index is 5.52. The third-order valence-corrected chi connectivity index (χ3v) is 5.09. The molecule has 0 spiro atoms. The quantitative estimate of drug-likeness (QED) is 0.543. The van der Waals surface area contributed by atoms with Crippen LogP contribution < -0.4 is 14.8 Å². The molecule has 0 atom stereocenters. The van der Waals surface area contributed by atoms with E-state index in [9.17, 15) is 0 Å². The fourth-order valence-corrected chi connectivity index (χ4v) is 3.52. The minimum absolute atomic E-state index is 0.719. The fourth-order valence-electron chi connectivity index (χ4n) is 3.52. The molecule has 158 valence electrons. The van der Waals surface area contributed by atoms with Crippen molar-refractivity contribution in [3.63, 3.8) is 0 Å². The van der Waals surface area contributed by atoms with E-state index in [2.05, 4.69) is 28.1 Å². The monoisotopic (exact) mass is 400 g/mol. The zero-order valence-corrected chi connectivity index (χ0v) is 17.7. The number of nitrogens with zero attached hydrogens (tertiary/aromatic N) is 3. The number of nitrogens with one attached hydrogen (secondary N) is 1. The summed E-state index contributed by atoms with van der Waals surface area (Å²) in [4.78, 5) is 9.57. The third kappa shape index (κ3) is 5.90. The summed E-state index contributed by atoms with van der Waals surface area (Å²) in [5.41, 5.74) is 1.15. The number of methoxy groups -OCH3 is 2. The summed E-state index contributed by atoms with van der Waals surface area (Å²) in [5.74, 6) is 3.72. The molecular weight excluding hydrogens is 368 g/mol. The van der Waals surface area contributed by atoms with Gasteiger partial charge in [0.1, 0.15) is 17.3 Å². The van der Waals surface area contributed by atoms with E-state index in [1.165, 1.54) is 0 Å². The fraction of sp³-hybridized carbons (Fsp3) is 0.500. The molecule has 0 unspecified atom stereocenters. The predicted molar refractivity (Wildman–Crippen MR) is 115 cm³/mol. The van der Waals surface area contributed by atoms with E-state index in [-0.39, 0.29) is 0 Å². The first-order valence-corrected chi connectivity index (χ1v) is 10.2. The van der Waals surface area contributed by atoms with Crippen molar-refractivity contribution in [3.8, 4) is 11.5 Å². The standard InChI is InChI=1S/C22H32N4O3/c1-4-23-22(24-10-9-19-6-5-15-29-19)26-13-11-25(12-14-26)17-18-16-20(27-2)7-8-21(18)28-3/h5-8,15-16H,4,9-14,17H2,1-3H3,(H,23,24). The van der Waals surface area contributed by atoms with Crippen LogP contribution >= 0.6 is 0 Å². The summed E-state index contributed by atoms with van der Waals surface area (Å²) in [6, 6.07) is 9.88. The van der Waals surface area contributed by atoms with Crippen molar-refractivity contribution in [1.29, 1.82) is 0 Å². The second-order valence-corrected chi connectivity index (χ2v) is 7.01. The molecule has 1 aliphatic heterocycles. The molecule has 1 aromatic heterocycles. The predicted octanol–water partition coefficient (Wildman–Crippen LogP) is 2.62. The Bertz CT molecular complexity index is 768. The number of piperazine rings is 1. The van der Waals surface area contributed by atoms with E-state index in [4.69, 9.17) is 18.9 Å². The molecule has 0 aliphatic carbocycles. The van der Waals surface area contributed by atoms with Crippen LogP contribution in [0.1, 0.15) is 18.2 Å². The van der Waals surface area contributed by atoms with Crippen LogP contribution in [-0.2, 0) is 13.0 Å². The summed E-state index contributed by atoms with van der Waals surface area (Å²) < 4.78 is 16.3. The van der Waals surface area contributed by atoms with Crippen molar-refractivity contribution in [3.05, 3.63) is 47.9 Å². The van der Waals surface area contributed by atoms with E-state index in [0.29, 0.717) is 0 Å². The molecule has 7 heteroatoms. The first-order chi connectivity index (χ1) is 14.2. The summed E-state index contributed by atoms with van der Waals surface area (Å²) in [7, 11) is 3.41. The number of ether oxygens (including phenoxy) is 2. The second kappa shape index (κ2) is 10.8. The van der Waals surface area contributed by atoms with Gasteiger partial charge in [0.2, 0.25) is 0 Å². The van der Waals surface area contributed by atoms with Crippen molar-refractivity contribution in [2.75, 3.05) is 53.5 Å². The topological polar surface area (TPSA) is 62.5 Å². The van der Waals surface area contributed by atoms with Crippen molar-refractivity contribution >= 4 is 5.96 Å². The molecule has 1 N–H and O–H groups in total. The van der Waals surface area contributed by atoms with Crippen LogP contribution in [0.25, 0.3) is 0 Å². The van der Waals surface area contributed by atoms with Crippen LogP contribution in [0.4, 0.5) is 0 Å². The van der Waals surface area contributed by atoms with Crippen LogP contribution in [-0.4, -0.2) is 69.2 Å². The van der Waals surface area contributed by atoms with Gasteiger partial charge >= 0.3 is 0 Å². The molecule has 3 rings (SSSR count). The van der Waals surface area contributed by atoms with Gasteiger partial charge in [0, 0.05) is 57.8 Å². The zero-order valence-electron chi connectivity index (χ0n) is 17.7. The first-order valence-electron chi connectivity index (χ1n) is 10.2.